The fourth-order valence-electron chi connectivity index (χ4n) is 2.93. The van der Waals surface area contributed by atoms with Gasteiger partial charge in [0.25, 0.3) is 0 Å². The zero-order chi connectivity index (χ0) is 16.9. The first kappa shape index (κ1) is 16.8. The van der Waals surface area contributed by atoms with E-state index in [1.54, 1.807) is 4.57 Å². The Morgan fingerprint density at radius 3 is 2.62 bits per heavy atom. The Hall–Kier alpha value is -2.08. The van der Waals surface area contributed by atoms with Crippen LogP contribution in [0.1, 0.15) is 37.8 Å². The second-order valence-electron chi connectivity index (χ2n) is 6.14. The van der Waals surface area contributed by atoms with E-state index in [4.69, 9.17) is 4.74 Å². The molecule has 0 atom stereocenters. The topological polar surface area (TPSA) is 60.3 Å². The van der Waals surface area contributed by atoms with Crippen molar-refractivity contribution in [2.45, 2.75) is 51.7 Å². The summed E-state index contributed by atoms with van der Waals surface area (Å²) in [5, 5.41) is 4.67. The van der Waals surface area contributed by atoms with E-state index in [2.05, 4.69) is 5.32 Å². The summed E-state index contributed by atoms with van der Waals surface area (Å²) >= 11 is 1.16. The van der Waals surface area contributed by atoms with E-state index in [1.807, 2.05) is 36.6 Å². The molecule has 1 saturated carbocycles. The first-order valence-electron chi connectivity index (χ1n) is 8.33. The van der Waals surface area contributed by atoms with Crippen LogP contribution < -0.4 is 14.9 Å². The zero-order valence-corrected chi connectivity index (χ0v) is 14.6. The highest BCUT2D eigenvalue weighted by Gasteiger charge is 2.16. The van der Waals surface area contributed by atoms with E-state index >= 15 is 0 Å². The third-order valence-corrected chi connectivity index (χ3v) is 5.16. The van der Waals surface area contributed by atoms with Gasteiger partial charge in [-0.25, -0.2) is 0 Å². The Labute approximate surface area is 145 Å². The zero-order valence-electron chi connectivity index (χ0n) is 13.8. The normalized spacial score (nSPS) is 14.7. The Morgan fingerprint density at radius 2 is 2.00 bits per heavy atom. The van der Waals surface area contributed by atoms with Gasteiger partial charge in [0.1, 0.15) is 5.75 Å². The number of hydrogen-bond donors (Lipinski definition) is 1. The van der Waals surface area contributed by atoms with Crippen LogP contribution in [0.25, 0.3) is 0 Å². The Morgan fingerprint density at radius 1 is 1.29 bits per heavy atom. The summed E-state index contributed by atoms with van der Waals surface area (Å²) in [6, 6.07) is 7.48. The third-order valence-electron chi connectivity index (χ3n) is 4.28. The van der Waals surface area contributed by atoms with E-state index in [9.17, 15) is 9.59 Å². The number of aryl methyl sites for hydroxylation is 1. The first-order chi connectivity index (χ1) is 11.6. The molecule has 24 heavy (non-hydrogen) atoms. The number of ether oxygens (including phenoxy) is 1. The molecule has 1 aliphatic carbocycles. The molecular weight excluding hydrogens is 324 g/mol. The molecule has 0 saturated heterocycles. The third kappa shape index (κ3) is 4.26. The minimum absolute atomic E-state index is 0.0197. The molecule has 1 aromatic heterocycles. The number of nitrogens with zero attached hydrogens (tertiary/aromatic N) is 1. The van der Waals surface area contributed by atoms with Crippen LogP contribution in [0.15, 0.2) is 34.4 Å². The molecule has 1 N–H and O–H groups in total. The average molecular weight is 346 g/mol. The SMILES string of the molecule is Cc1csc(=O)n1CCC(=O)Nc1ccc(OC2CCCC2)cc1. The Balaban J connectivity index is 1.50. The maximum Gasteiger partial charge on any atom is 0.307 e. The highest BCUT2D eigenvalue weighted by Crippen LogP contribution is 2.25. The van der Waals surface area contributed by atoms with Gasteiger partial charge in [0.2, 0.25) is 5.91 Å². The molecule has 1 fully saturated rings. The van der Waals surface area contributed by atoms with Crippen molar-refractivity contribution in [1.29, 1.82) is 0 Å². The summed E-state index contributed by atoms with van der Waals surface area (Å²) in [6.07, 6.45) is 5.34. The van der Waals surface area contributed by atoms with Crippen LogP contribution in [-0.4, -0.2) is 16.6 Å². The fourth-order valence-corrected chi connectivity index (χ4v) is 3.69. The van der Waals surface area contributed by atoms with Crippen LogP contribution in [0.4, 0.5) is 5.69 Å². The number of hydrogen-bond acceptors (Lipinski definition) is 4. The molecule has 128 valence electrons. The minimum Gasteiger partial charge on any atom is -0.490 e. The van der Waals surface area contributed by atoms with Crippen molar-refractivity contribution >= 4 is 22.9 Å². The number of benzene rings is 1. The molecule has 2 aromatic rings. The standard InChI is InChI=1S/C18H22N2O3S/c1-13-12-24-18(22)20(13)11-10-17(21)19-14-6-8-16(9-7-14)23-15-4-2-3-5-15/h6-9,12,15H,2-5,10-11H2,1H3,(H,19,21). The summed E-state index contributed by atoms with van der Waals surface area (Å²) < 4.78 is 7.54. The number of carbonyl (C=O) groups is 1. The van der Waals surface area contributed by atoms with Gasteiger partial charge in [0.15, 0.2) is 0 Å². The van der Waals surface area contributed by atoms with Crippen LogP contribution in [0.3, 0.4) is 0 Å². The highest BCUT2D eigenvalue weighted by molar-refractivity contribution is 7.07. The predicted octanol–water partition coefficient (Wildman–Crippen LogP) is 3.57. The number of rotatable bonds is 6. The Bertz CT molecular complexity index is 742. The van der Waals surface area contributed by atoms with Crippen molar-refractivity contribution in [3.63, 3.8) is 0 Å². The van der Waals surface area contributed by atoms with E-state index in [-0.39, 0.29) is 17.2 Å². The van der Waals surface area contributed by atoms with E-state index < -0.39 is 0 Å². The number of aromatic nitrogens is 1. The summed E-state index contributed by atoms with van der Waals surface area (Å²) in [5.74, 6) is 0.748. The lowest BCUT2D eigenvalue weighted by Crippen LogP contribution is -2.20. The van der Waals surface area contributed by atoms with Gasteiger partial charge in [0.05, 0.1) is 6.10 Å². The molecule has 6 heteroatoms. The quantitative estimate of drug-likeness (QED) is 0.870. The molecule has 1 aliphatic rings. The second kappa shape index (κ2) is 7.66. The van der Waals surface area contributed by atoms with Crippen LogP contribution in [0, 0.1) is 6.92 Å². The molecule has 0 radical (unpaired) electrons. The lowest BCUT2D eigenvalue weighted by molar-refractivity contribution is -0.116. The fraction of sp³-hybridized carbons (Fsp3) is 0.444. The van der Waals surface area contributed by atoms with Crippen molar-refractivity contribution < 1.29 is 9.53 Å². The Kier molecular flexibility index (Phi) is 5.35. The van der Waals surface area contributed by atoms with E-state index in [0.717, 1.165) is 41.3 Å². The molecule has 1 aromatic carbocycles. The lowest BCUT2D eigenvalue weighted by Gasteiger charge is -2.13. The molecule has 0 bridgehead atoms. The van der Waals surface area contributed by atoms with Gasteiger partial charge in [-0.1, -0.05) is 11.3 Å². The molecule has 5 nitrogen and oxygen atoms in total. The second-order valence-corrected chi connectivity index (χ2v) is 6.96. The van der Waals surface area contributed by atoms with Gasteiger partial charge in [-0.2, -0.15) is 0 Å². The van der Waals surface area contributed by atoms with Crippen molar-refractivity contribution in [1.82, 2.24) is 4.57 Å². The van der Waals surface area contributed by atoms with Crippen LogP contribution >= 0.6 is 11.3 Å². The van der Waals surface area contributed by atoms with Crippen molar-refractivity contribution in [2.24, 2.45) is 0 Å². The van der Waals surface area contributed by atoms with E-state index in [1.165, 1.54) is 12.8 Å². The molecule has 0 spiro atoms. The van der Waals surface area contributed by atoms with Gasteiger partial charge < -0.3 is 14.6 Å². The van der Waals surface area contributed by atoms with Gasteiger partial charge in [-0.05, 0) is 56.9 Å². The summed E-state index contributed by atoms with van der Waals surface area (Å²) in [4.78, 5) is 23.6. The molecule has 3 rings (SSSR count). The maximum absolute atomic E-state index is 12.0. The molecular formula is C18H22N2O3S. The van der Waals surface area contributed by atoms with Crippen molar-refractivity contribution in [3.8, 4) is 5.75 Å². The molecule has 1 heterocycles. The van der Waals surface area contributed by atoms with Gasteiger partial charge in [0, 0.05) is 29.7 Å². The number of carbonyl (C=O) groups excluding carboxylic acids is 1. The first-order valence-corrected chi connectivity index (χ1v) is 9.21. The largest absolute Gasteiger partial charge is 0.490 e. The molecule has 0 unspecified atom stereocenters. The summed E-state index contributed by atoms with van der Waals surface area (Å²) in [5.41, 5.74) is 1.64. The van der Waals surface area contributed by atoms with Crippen LogP contribution in [-0.2, 0) is 11.3 Å². The van der Waals surface area contributed by atoms with Crippen molar-refractivity contribution in [2.75, 3.05) is 5.32 Å². The number of nitrogens with one attached hydrogen (secondary N) is 1. The van der Waals surface area contributed by atoms with Crippen LogP contribution in [0.2, 0.25) is 0 Å². The monoisotopic (exact) mass is 346 g/mol. The van der Waals surface area contributed by atoms with Gasteiger partial charge >= 0.3 is 4.87 Å². The van der Waals surface area contributed by atoms with Gasteiger partial charge in [-0.3, -0.25) is 9.59 Å². The minimum atomic E-state index is -0.100. The van der Waals surface area contributed by atoms with Crippen LogP contribution in [0.5, 0.6) is 5.75 Å². The van der Waals surface area contributed by atoms with Gasteiger partial charge in [-0.15, -0.1) is 0 Å². The van der Waals surface area contributed by atoms with E-state index in [0.29, 0.717) is 12.6 Å². The van der Waals surface area contributed by atoms with Crippen molar-refractivity contribution in [3.05, 3.63) is 45.0 Å². The number of thiazole rings is 1. The number of anilines is 1. The molecule has 1 amide bonds. The number of amides is 1. The average Bonchev–Trinajstić information content (AvgIpc) is 3.18. The summed E-state index contributed by atoms with van der Waals surface area (Å²) in [6.45, 7) is 2.28. The highest BCUT2D eigenvalue weighted by atomic mass is 32.1. The summed E-state index contributed by atoms with van der Waals surface area (Å²) in [7, 11) is 0. The molecule has 0 aliphatic heterocycles. The maximum atomic E-state index is 12.0. The smallest absolute Gasteiger partial charge is 0.307 e. The lowest BCUT2D eigenvalue weighted by atomic mass is 10.2. The predicted molar refractivity (Wildman–Crippen MR) is 95.9 cm³/mol.